The first-order chi connectivity index (χ1) is 8.11. The smallest absolute Gasteiger partial charge is 0.0680 e. The summed E-state index contributed by atoms with van der Waals surface area (Å²) in [4.78, 5) is 2.70. The van der Waals surface area contributed by atoms with E-state index in [1.165, 1.54) is 18.9 Å². The van der Waals surface area contributed by atoms with E-state index in [0.29, 0.717) is 0 Å². The lowest BCUT2D eigenvalue weighted by Gasteiger charge is -2.17. The molecule has 0 bridgehead atoms. The van der Waals surface area contributed by atoms with E-state index >= 15 is 0 Å². The van der Waals surface area contributed by atoms with Crippen molar-refractivity contribution in [2.75, 3.05) is 7.05 Å². The third kappa shape index (κ3) is 3.10. The van der Waals surface area contributed by atoms with Gasteiger partial charge in [0.05, 0.1) is 6.04 Å². The van der Waals surface area contributed by atoms with Gasteiger partial charge in [-0.15, -0.1) is 11.3 Å². The molecule has 0 saturated carbocycles. The predicted octanol–water partition coefficient (Wildman–Crippen LogP) is 4.73. The van der Waals surface area contributed by atoms with Gasteiger partial charge in [-0.25, -0.2) is 0 Å². The molecule has 1 nitrogen and oxygen atoms in total. The Labute approximate surface area is 128 Å². The highest BCUT2D eigenvalue weighted by Crippen LogP contribution is 2.33. The van der Waals surface area contributed by atoms with Gasteiger partial charge in [0.25, 0.3) is 0 Å². The predicted molar refractivity (Wildman–Crippen MR) is 86.8 cm³/mol. The van der Waals surface area contributed by atoms with Crippen molar-refractivity contribution in [2.45, 2.75) is 13.0 Å². The number of hydrogen-bond acceptors (Lipinski definition) is 2. The van der Waals surface area contributed by atoms with E-state index in [9.17, 15) is 0 Å². The second-order valence-electron chi connectivity index (χ2n) is 3.84. The second kappa shape index (κ2) is 5.82. The minimum absolute atomic E-state index is 0.262. The number of hydrogen-bond donors (Lipinski definition) is 1. The molecular formula is C13H13BrINS. The Balaban J connectivity index is 2.45. The normalized spacial score (nSPS) is 12.7. The number of thiophene rings is 1. The lowest BCUT2D eigenvalue weighted by molar-refractivity contribution is 0.700. The van der Waals surface area contributed by atoms with Crippen molar-refractivity contribution in [1.82, 2.24) is 5.32 Å². The van der Waals surface area contributed by atoms with Crippen molar-refractivity contribution in [1.29, 1.82) is 0 Å². The zero-order chi connectivity index (χ0) is 12.4. The highest BCUT2D eigenvalue weighted by molar-refractivity contribution is 14.1. The molecule has 17 heavy (non-hydrogen) atoms. The molecule has 1 N–H and O–H groups in total. The minimum Gasteiger partial charge on any atom is -0.309 e. The van der Waals surface area contributed by atoms with Gasteiger partial charge in [-0.1, -0.05) is 15.9 Å². The van der Waals surface area contributed by atoms with E-state index in [2.05, 4.69) is 81.1 Å². The first-order valence-electron chi connectivity index (χ1n) is 5.30. The average molecular weight is 422 g/mol. The van der Waals surface area contributed by atoms with Gasteiger partial charge in [0.1, 0.15) is 0 Å². The van der Waals surface area contributed by atoms with Gasteiger partial charge in [0.15, 0.2) is 0 Å². The molecule has 0 aliphatic carbocycles. The summed E-state index contributed by atoms with van der Waals surface area (Å²) in [6, 6.07) is 11.1. The molecule has 90 valence electrons. The van der Waals surface area contributed by atoms with Gasteiger partial charge in [-0.05, 0) is 72.5 Å². The maximum Gasteiger partial charge on any atom is 0.0680 e. The molecule has 1 aromatic heterocycles. The largest absolute Gasteiger partial charge is 0.309 e. The van der Waals surface area contributed by atoms with E-state index in [1.807, 2.05) is 18.4 Å². The van der Waals surface area contributed by atoms with Crippen LogP contribution in [0.5, 0.6) is 0 Å². The van der Waals surface area contributed by atoms with Crippen LogP contribution in [0.25, 0.3) is 0 Å². The summed E-state index contributed by atoms with van der Waals surface area (Å²) in [7, 11) is 2.01. The molecular weight excluding hydrogens is 409 g/mol. The summed E-state index contributed by atoms with van der Waals surface area (Å²) in [5.74, 6) is 0. The van der Waals surface area contributed by atoms with Gasteiger partial charge < -0.3 is 5.32 Å². The van der Waals surface area contributed by atoms with Crippen LogP contribution in [-0.2, 0) is 0 Å². The van der Waals surface area contributed by atoms with Gasteiger partial charge in [0.2, 0.25) is 0 Å². The van der Waals surface area contributed by atoms with Crippen molar-refractivity contribution in [3.63, 3.8) is 0 Å². The van der Waals surface area contributed by atoms with Crippen molar-refractivity contribution < 1.29 is 0 Å². The van der Waals surface area contributed by atoms with Crippen LogP contribution in [-0.4, -0.2) is 7.05 Å². The molecule has 2 aromatic rings. The third-order valence-electron chi connectivity index (χ3n) is 2.60. The first kappa shape index (κ1) is 13.5. The van der Waals surface area contributed by atoms with Crippen molar-refractivity contribution in [3.05, 3.63) is 53.7 Å². The van der Waals surface area contributed by atoms with Crippen LogP contribution in [0.4, 0.5) is 0 Å². The zero-order valence-electron chi connectivity index (χ0n) is 9.63. The van der Waals surface area contributed by atoms with E-state index in [0.717, 1.165) is 4.47 Å². The SMILES string of the molecule is CNC(c1ccc(C)s1)c1cc(I)ccc1Br. The molecule has 1 atom stereocenters. The van der Waals surface area contributed by atoms with Crippen molar-refractivity contribution in [3.8, 4) is 0 Å². The maximum absolute atomic E-state index is 3.64. The quantitative estimate of drug-likeness (QED) is 0.706. The summed E-state index contributed by atoms with van der Waals surface area (Å²) in [5.41, 5.74) is 1.29. The monoisotopic (exact) mass is 421 g/mol. The van der Waals surface area contributed by atoms with Gasteiger partial charge in [-0.3, -0.25) is 0 Å². The Bertz CT molecular complexity index is 524. The molecule has 1 aromatic carbocycles. The van der Waals surface area contributed by atoms with E-state index in [4.69, 9.17) is 0 Å². The molecule has 4 heteroatoms. The highest BCUT2D eigenvalue weighted by atomic mass is 127. The summed E-state index contributed by atoms with van der Waals surface area (Å²) in [6.45, 7) is 2.14. The summed E-state index contributed by atoms with van der Waals surface area (Å²) < 4.78 is 2.41. The van der Waals surface area contributed by atoms with Crippen LogP contribution in [0.3, 0.4) is 0 Å². The average Bonchev–Trinajstić information content (AvgIpc) is 2.71. The van der Waals surface area contributed by atoms with Crippen LogP contribution < -0.4 is 5.32 Å². The topological polar surface area (TPSA) is 12.0 Å². The van der Waals surface area contributed by atoms with Gasteiger partial charge >= 0.3 is 0 Å². The molecule has 1 heterocycles. The molecule has 0 radical (unpaired) electrons. The van der Waals surface area contributed by atoms with Gasteiger partial charge in [-0.2, -0.15) is 0 Å². The van der Waals surface area contributed by atoms with E-state index < -0.39 is 0 Å². The van der Waals surface area contributed by atoms with Crippen LogP contribution >= 0.6 is 49.9 Å². The van der Waals surface area contributed by atoms with Crippen molar-refractivity contribution in [2.24, 2.45) is 0 Å². The molecule has 0 saturated heterocycles. The van der Waals surface area contributed by atoms with Crippen LogP contribution in [0, 0.1) is 10.5 Å². The van der Waals surface area contributed by atoms with Gasteiger partial charge in [0, 0.05) is 17.8 Å². The van der Waals surface area contributed by atoms with Crippen molar-refractivity contribution >= 4 is 49.9 Å². The molecule has 0 fully saturated rings. The molecule has 0 aliphatic rings. The minimum atomic E-state index is 0.262. The molecule has 0 amide bonds. The second-order valence-corrected chi connectivity index (χ2v) is 7.26. The first-order valence-corrected chi connectivity index (χ1v) is 7.99. The zero-order valence-corrected chi connectivity index (χ0v) is 14.2. The number of halogens is 2. The number of aryl methyl sites for hydroxylation is 1. The van der Waals surface area contributed by atoms with E-state index in [-0.39, 0.29) is 6.04 Å². The molecule has 0 spiro atoms. The Morgan fingerprint density at radius 2 is 2.06 bits per heavy atom. The lowest BCUT2D eigenvalue weighted by atomic mass is 10.1. The van der Waals surface area contributed by atoms with Crippen LogP contribution in [0.1, 0.15) is 21.4 Å². The Kier molecular flexibility index (Phi) is 4.63. The Morgan fingerprint density at radius 1 is 1.29 bits per heavy atom. The molecule has 0 aliphatic heterocycles. The summed E-state index contributed by atoms with van der Waals surface area (Å²) in [5, 5.41) is 3.39. The fourth-order valence-electron chi connectivity index (χ4n) is 1.80. The maximum atomic E-state index is 3.64. The molecule has 2 rings (SSSR count). The summed E-state index contributed by atoms with van der Waals surface area (Å²) >= 11 is 7.83. The third-order valence-corrected chi connectivity index (χ3v) is 5.06. The fraction of sp³-hybridized carbons (Fsp3) is 0.231. The van der Waals surface area contributed by atoms with Crippen LogP contribution in [0.2, 0.25) is 0 Å². The fourth-order valence-corrected chi connectivity index (χ4v) is 3.79. The van der Waals surface area contributed by atoms with E-state index in [1.54, 1.807) is 0 Å². The Morgan fingerprint density at radius 3 is 2.65 bits per heavy atom. The highest BCUT2D eigenvalue weighted by Gasteiger charge is 2.16. The van der Waals surface area contributed by atoms with Crippen LogP contribution in [0.15, 0.2) is 34.8 Å². The standard InChI is InChI=1S/C13H13BrINS/c1-8-3-6-12(17-8)13(16-2)10-7-9(15)4-5-11(10)14/h3-7,13,16H,1-2H3. The number of nitrogens with one attached hydrogen (secondary N) is 1. The molecule has 1 unspecified atom stereocenters. The number of rotatable bonds is 3. The number of benzene rings is 1. The Hall–Kier alpha value is 0.0900. The lowest BCUT2D eigenvalue weighted by Crippen LogP contribution is -2.17. The summed E-state index contributed by atoms with van der Waals surface area (Å²) in [6.07, 6.45) is 0.